The van der Waals surface area contributed by atoms with E-state index in [1.807, 2.05) is 28.8 Å². The normalized spacial score (nSPS) is 31.3. The summed E-state index contributed by atoms with van der Waals surface area (Å²) in [5.74, 6) is 0.429. The minimum Gasteiger partial charge on any atom is -0.476 e. The molecule has 2 aromatic rings. The van der Waals surface area contributed by atoms with Gasteiger partial charge < -0.3 is 19.2 Å². The highest BCUT2D eigenvalue weighted by atomic mass is 16.6. The number of rotatable bonds is 8. The first-order valence-electron chi connectivity index (χ1n) is 14.7. The van der Waals surface area contributed by atoms with Crippen LogP contribution in [0.1, 0.15) is 82.4 Å². The van der Waals surface area contributed by atoms with Gasteiger partial charge in [0.1, 0.15) is 6.61 Å². The molecule has 2 saturated heterocycles. The maximum atomic E-state index is 14.0. The van der Waals surface area contributed by atoms with E-state index in [4.69, 9.17) is 9.57 Å². The third-order valence-corrected chi connectivity index (χ3v) is 9.65. The van der Waals surface area contributed by atoms with Crippen LogP contribution < -0.4 is 5.56 Å². The highest BCUT2D eigenvalue weighted by molar-refractivity contribution is 6.41. The zero-order chi connectivity index (χ0) is 26.9. The van der Waals surface area contributed by atoms with Crippen LogP contribution in [0.25, 0.3) is 11.0 Å². The summed E-state index contributed by atoms with van der Waals surface area (Å²) in [7, 11) is 1.52. The zero-order valence-corrected chi connectivity index (χ0v) is 22.8. The molecule has 4 unspecified atom stereocenters. The maximum absolute atomic E-state index is 14.0. The Kier molecular flexibility index (Phi) is 7.71. The predicted octanol–water partition coefficient (Wildman–Crippen LogP) is 4.38. The van der Waals surface area contributed by atoms with E-state index in [0.29, 0.717) is 23.6 Å². The Hall–Kier alpha value is -2.78. The molecule has 2 aliphatic heterocycles. The molecule has 6 rings (SSSR count). The van der Waals surface area contributed by atoms with Crippen molar-refractivity contribution in [2.24, 2.45) is 17.0 Å². The SMILES string of the molecule is COCCON=C(C(=O)O)c1nc2ccccc2n(C2CC3CCCC(C2)N3C2CC3CCCC(C3)C2)c1=O. The summed E-state index contributed by atoms with van der Waals surface area (Å²) in [5, 5.41) is 13.7. The van der Waals surface area contributed by atoms with E-state index in [1.54, 1.807) is 0 Å². The minimum atomic E-state index is -1.34. The number of oxime groups is 1. The number of piperidine rings is 2. The summed E-state index contributed by atoms with van der Waals surface area (Å²) >= 11 is 0. The van der Waals surface area contributed by atoms with Gasteiger partial charge in [0.2, 0.25) is 5.71 Å². The molecule has 1 aromatic heterocycles. The van der Waals surface area contributed by atoms with Crippen molar-refractivity contribution < 1.29 is 19.5 Å². The van der Waals surface area contributed by atoms with Crippen LogP contribution in [0, 0.1) is 11.8 Å². The van der Waals surface area contributed by atoms with E-state index >= 15 is 0 Å². The number of benzene rings is 1. The molecule has 1 N–H and O–H groups in total. The first-order chi connectivity index (χ1) is 19.0. The van der Waals surface area contributed by atoms with Crippen molar-refractivity contribution in [3.05, 3.63) is 40.3 Å². The van der Waals surface area contributed by atoms with Crippen LogP contribution in [-0.2, 0) is 14.4 Å². The summed E-state index contributed by atoms with van der Waals surface area (Å²) in [6, 6.07) is 9.10. The van der Waals surface area contributed by atoms with Gasteiger partial charge in [0.15, 0.2) is 5.69 Å². The lowest BCUT2D eigenvalue weighted by Crippen LogP contribution is -2.58. The number of aromatic nitrogens is 2. The standard InChI is InChI=1S/C30H40N4O5/c1-38-12-13-39-32-28(30(36)37)27-29(35)34(26-11-3-2-10-25(26)31-27)24-17-21-8-5-9-22(18-24)33(21)23-15-19-6-4-7-20(14-19)16-23/h2-3,10-11,19-24H,4-9,12-18H2,1H3,(H,36,37). The van der Waals surface area contributed by atoms with Crippen LogP contribution in [0.5, 0.6) is 0 Å². The van der Waals surface area contributed by atoms with Gasteiger partial charge in [-0.1, -0.05) is 43.0 Å². The summed E-state index contributed by atoms with van der Waals surface area (Å²) in [6.45, 7) is 0.343. The van der Waals surface area contributed by atoms with E-state index in [0.717, 1.165) is 30.2 Å². The monoisotopic (exact) mass is 536 g/mol. The second kappa shape index (κ2) is 11.4. The molecule has 0 amide bonds. The lowest BCUT2D eigenvalue weighted by Gasteiger charge is -2.55. The number of fused-ring (bicyclic) bond motifs is 5. The van der Waals surface area contributed by atoms with Gasteiger partial charge in [-0.25, -0.2) is 9.78 Å². The fraction of sp³-hybridized carbons (Fsp3) is 0.667. The van der Waals surface area contributed by atoms with E-state index in [2.05, 4.69) is 15.0 Å². The number of carbonyl (C=O) groups is 1. The molecule has 2 saturated carbocycles. The number of carboxylic acids is 1. The highest BCUT2D eigenvalue weighted by Crippen LogP contribution is 2.47. The number of ether oxygens (including phenoxy) is 1. The zero-order valence-electron chi connectivity index (χ0n) is 22.8. The molecule has 0 radical (unpaired) electrons. The van der Waals surface area contributed by atoms with Gasteiger partial charge in [0, 0.05) is 31.3 Å². The number of aliphatic carboxylic acids is 1. The van der Waals surface area contributed by atoms with Gasteiger partial charge in [-0.05, 0) is 68.9 Å². The highest BCUT2D eigenvalue weighted by Gasteiger charge is 2.45. The molecule has 4 aliphatic rings. The predicted molar refractivity (Wildman–Crippen MR) is 148 cm³/mol. The Bertz CT molecular complexity index is 1270. The number of para-hydroxylation sites is 2. The molecule has 4 fully saturated rings. The van der Waals surface area contributed by atoms with Crippen LogP contribution in [0.4, 0.5) is 0 Å². The van der Waals surface area contributed by atoms with Crippen LogP contribution in [0.15, 0.2) is 34.2 Å². The molecule has 2 aliphatic carbocycles. The van der Waals surface area contributed by atoms with Crippen molar-refractivity contribution in [1.29, 1.82) is 0 Å². The van der Waals surface area contributed by atoms with Gasteiger partial charge in [-0.3, -0.25) is 9.69 Å². The average Bonchev–Trinajstić information content (AvgIpc) is 2.92. The molecule has 4 bridgehead atoms. The first kappa shape index (κ1) is 26.4. The van der Waals surface area contributed by atoms with Crippen LogP contribution >= 0.6 is 0 Å². The Balaban J connectivity index is 1.34. The summed E-state index contributed by atoms with van der Waals surface area (Å²) in [6.07, 6.45) is 13.6. The van der Waals surface area contributed by atoms with Gasteiger partial charge in [-0.2, -0.15) is 0 Å². The second-order valence-electron chi connectivity index (χ2n) is 12.0. The van der Waals surface area contributed by atoms with Crippen molar-refractivity contribution in [1.82, 2.24) is 14.5 Å². The van der Waals surface area contributed by atoms with Gasteiger partial charge in [0.25, 0.3) is 5.56 Å². The van der Waals surface area contributed by atoms with Crippen molar-refractivity contribution in [2.45, 2.75) is 94.8 Å². The molecule has 39 heavy (non-hydrogen) atoms. The Morgan fingerprint density at radius 1 is 0.949 bits per heavy atom. The van der Waals surface area contributed by atoms with E-state index in [1.165, 1.54) is 64.9 Å². The third-order valence-electron chi connectivity index (χ3n) is 9.65. The van der Waals surface area contributed by atoms with Crippen molar-refractivity contribution in [2.75, 3.05) is 20.3 Å². The largest absolute Gasteiger partial charge is 0.476 e. The van der Waals surface area contributed by atoms with Crippen LogP contribution in [0.2, 0.25) is 0 Å². The lowest BCUT2D eigenvalue weighted by atomic mass is 9.68. The summed E-state index contributed by atoms with van der Waals surface area (Å²) in [4.78, 5) is 38.7. The molecular formula is C30H40N4O5. The number of methoxy groups -OCH3 is 1. The number of hydrogen-bond donors (Lipinski definition) is 1. The molecule has 4 atom stereocenters. The topological polar surface area (TPSA) is 106 Å². The molecule has 9 nitrogen and oxygen atoms in total. The lowest BCUT2D eigenvalue weighted by molar-refractivity contribution is -0.129. The smallest absolute Gasteiger partial charge is 0.360 e. The van der Waals surface area contributed by atoms with Gasteiger partial charge >= 0.3 is 5.97 Å². The van der Waals surface area contributed by atoms with E-state index in [9.17, 15) is 14.7 Å². The molecule has 0 spiro atoms. The van der Waals surface area contributed by atoms with Crippen molar-refractivity contribution in [3.63, 3.8) is 0 Å². The first-order valence-corrected chi connectivity index (χ1v) is 14.7. The molecule has 3 heterocycles. The maximum Gasteiger partial charge on any atom is 0.360 e. The average molecular weight is 537 g/mol. The molecule has 1 aromatic carbocycles. The fourth-order valence-electron chi connectivity index (χ4n) is 8.22. The van der Waals surface area contributed by atoms with E-state index < -0.39 is 17.2 Å². The minimum absolute atomic E-state index is 0.0109. The quantitative estimate of drug-likeness (QED) is 0.303. The van der Waals surface area contributed by atoms with Gasteiger partial charge in [-0.15, -0.1) is 0 Å². The van der Waals surface area contributed by atoms with Crippen LogP contribution in [-0.4, -0.2) is 69.7 Å². The molecule has 210 valence electrons. The Labute approximate surface area is 229 Å². The fourth-order valence-corrected chi connectivity index (χ4v) is 8.22. The van der Waals surface area contributed by atoms with Crippen molar-refractivity contribution in [3.8, 4) is 0 Å². The molecular weight excluding hydrogens is 496 g/mol. The van der Waals surface area contributed by atoms with Crippen LogP contribution in [0.3, 0.4) is 0 Å². The third kappa shape index (κ3) is 5.23. The Morgan fingerprint density at radius 2 is 1.64 bits per heavy atom. The molecule has 9 heteroatoms. The number of hydrogen-bond acceptors (Lipinski definition) is 7. The Morgan fingerprint density at radius 3 is 2.33 bits per heavy atom. The van der Waals surface area contributed by atoms with E-state index in [-0.39, 0.29) is 24.9 Å². The summed E-state index contributed by atoms with van der Waals surface area (Å²) < 4.78 is 6.78. The van der Waals surface area contributed by atoms with Crippen molar-refractivity contribution >= 4 is 22.7 Å². The second-order valence-corrected chi connectivity index (χ2v) is 12.0. The number of nitrogens with zero attached hydrogens (tertiary/aromatic N) is 4. The van der Waals surface area contributed by atoms with Gasteiger partial charge in [0.05, 0.1) is 17.6 Å². The summed E-state index contributed by atoms with van der Waals surface area (Å²) in [5.41, 5.74) is 0.285. The number of carboxylic acid groups (broad SMARTS) is 1.